The predicted molar refractivity (Wildman–Crippen MR) is 65.6 cm³/mol. The van der Waals surface area contributed by atoms with Crippen molar-refractivity contribution in [1.82, 2.24) is 4.57 Å². The van der Waals surface area contributed by atoms with E-state index in [2.05, 4.69) is 6.58 Å². The summed E-state index contributed by atoms with van der Waals surface area (Å²) in [5.74, 6) is -1.12. The molecule has 92 valence electrons. The fourth-order valence-electron chi connectivity index (χ4n) is 1.91. The minimum absolute atomic E-state index is 0.128. The molecule has 0 atom stereocenters. The maximum absolute atomic E-state index is 11.5. The molecule has 0 amide bonds. The number of hydrogen-bond acceptors (Lipinski definition) is 2. The Balaban J connectivity index is 3.42. The smallest absolute Gasteiger partial charge is 0.337 e. The quantitative estimate of drug-likeness (QED) is 0.609. The van der Waals surface area contributed by atoms with Crippen molar-refractivity contribution in [2.24, 2.45) is 0 Å². The lowest BCUT2D eigenvalue weighted by Crippen LogP contribution is -2.10. The molecule has 0 aliphatic heterocycles. The zero-order valence-corrected chi connectivity index (χ0v) is 10.2. The van der Waals surface area contributed by atoms with Crippen molar-refractivity contribution >= 4 is 11.8 Å². The molecule has 4 heteroatoms. The number of hydrogen-bond donors (Lipinski definition) is 1. The van der Waals surface area contributed by atoms with E-state index in [1.807, 2.05) is 6.92 Å². The molecule has 0 aliphatic rings. The number of Topliss-reactive ketones (excluding diaryl/α,β-unsaturated/α-hetero) is 1. The van der Waals surface area contributed by atoms with E-state index in [0.29, 0.717) is 24.4 Å². The molecule has 1 N–H and O–H groups in total. The van der Waals surface area contributed by atoms with Gasteiger partial charge in [-0.15, -0.1) is 6.58 Å². The lowest BCUT2D eigenvalue weighted by Gasteiger charge is -2.09. The van der Waals surface area contributed by atoms with Crippen molar-refractivity contribution in [3.8, 4) is 0 Å². The molecule has 1 heterocycles. The van der Waals surface area contributed by atoms with Crippen molar-refractivity contribution in [1.29, 1.82) is 0 Å². The van der Waals surface area contributed by atoms with Crippen LogP contribution >= 0.6 is 0 Å². The number of carboxylic acids is 1. The number of allylic oxidation sites excluding steroid dienone is 1. The van der Waals surface area contributed by atoms with Crippen LogP contribution < -0.4 is 0 Å². The second-order valence-corrected chi connectivity index (χ2v) is 3.90. The van der Waals surface area contributed by atoms with Crippen LogP contribution in [0.2, 0.25) is 0 Å². The van der Waals surface area contributed by atoms with Crippen LogP contribution in [-0.2, 0) is 13.0 Å². The number of nitrogens with zero attached hydrogens (tertiary/aromatic N) is 1. The van der Waals surface area contributed by atoms with Crippen LogP contribution in [0.15, 0.2) is 18.7 Å². The van der Waals surface area contributed by atoms with Gasteiger partial charge in [0.05, 0.1) is 11.3 Å². The molecule has 1 aromatic heterocycles. The van der Waals surface area contributed by atoms with Gasteiger partial charge in [0.2, 0.25) is 0 Å². The first-order valence-electron chi connectivity index (χ1n) is 5.60. The summed E-state index contributed by atoms with van der Waals surface area (Å²) in [4.78, 5) is 22.6. The highest BCUT2D eigenvalue weighted by Crippen LogP contribution is 2.19. The highest BCUT2D eigenvalue weighted by Gasteiger charge is 2.20. The third-order valence-corrected chi connectivity index (χ3v) is 2.60. The Morgan fingerprint density at radius 1 is 1.53 bits per heavy atom. The van der Waals surface area contributed by atoms with Crippen LogP contribution in [-0.4, -0.2) is 21.4 Å². The van der Waals surface area contributed by atoms with E-state index >= 15 is 0 Å². The Morgan fingerprint density at radius 2 is 2.18 bits per heavy atom. The first kappa shape index (κ1) is 13.2. The van der Waals surface area contributed by atoms with Gasteiger partial charge in [0.1, 0.15) is 0 Å². The lowest BCUT2D eigenvalue weighted by molar-refractivity contribution is 0.0695. The first-order chi connectivity index (χ1) is 8.02. The SMILES string of the molecule is C=CCn1c(C(C)=O)cc(C(=O)O)c1CCC. The highest BCUT2D eigenvalue weighted by molar-refractivity contribution is 5.97. The molecule has 0 unspecified atom stereocenters. The number of carbonyl (C=O) groups is 2. The topological polar surface area (TPSA) is 59.3 Å². The maximum Gasteiger partial charge on any atom is 0.337 e. The standard InChI is InChI=1S/C13H17NO3/c1-4-6-11-10(13(16)17)8-12(9(3)15)14(11)7-5-2/h5,8H,2,4,6-7H2,1,3H3,(H,16,17). The summed E-state index contributed by atoms with van der Waals surface area (Å²) < 4.78 is 1.74. The van der Waals surface area contributed by atoms with Crippen LogP contribution in [0.1, 0.15) is 46.8 Å². The van der Waals surface area contributed by atoms with Crippen LogP contribution in [0.3, 0.4) is 0 Å². The third-order valence-electron chi connectivity index (χ3n) is 2.60. The Morgan fingerprint density at radius 3 is 2.59 bits per heavy atom. The predicted octanol–water partition coefficient (Wildman–Crippen LogP) is 2.53. The first-order valence-corrected chi connectivity index (χ1v) is 5.60. The van der Waals surface area contributed by atoms with E-state index < -0.39 is 5.97 Å². The van der Waals surface area contributed by atoms with Crippen molar-refractivity contribution in [2.45, 2.75) is 33.2 Å². The Bertz CT molecular complexity index is 457. The van der Waals surface area contributed by atoms with Gasteiger partial charge in [-0.2, -0.15) is 0 Å². The molecule has 0 saturated heterocycles. The van der Waals surface area contributed by atoms with Crippen molar-refractivity contribution in [3.63, 3.8) is 0 Å². The lowest BCUT2D eigenvalue weighted by atomic mass is 10.1. The Hall–Kier alpha value is -1.84. The zero-order chi connectivity index (χ0) is 13.0. The minimum Gasteiger partial charge on any atom is -0.478 e. The Labute approximate surface area is 101 Å². The molecule has 1 rings (SSSR count). The molecule has 0 bridgehead atoms. The normalized spacial score (nSPS) is 10.2. The largest absolute Gasteiger partial charge is 0.478 e. The Kier molecular flexibility index (Phi) is 4.26. The van der Waals surface area contributed by atoms with Crippen LogP contribution in [0.5, 0.6) is 0 Å². The van der Waals surface area contributed by atoms with Crippen LogP contribution in [0.25, 0.3) is 0 Å². The van der Waals surface area contributed by atoms with Gasteiger partial charge < -0.3 is 9.67 Å². The van der Waals surface area contributed by atoms with Gasteiger partial charge in [-0.3, -0.25) is 4.79 Å². The summed E-state index contributed by atoms with van der Waals surface area (Å²) >= 11 is 0. The molecule has 4 nitrogen and oxygen atoms in total. The van der Waals surface area contributed by atoms with Gasteiger partial charge >= 0.3 is 5.97 Å². The number of carbonyl (C=O) groups excluding carboxylic acids is 1. The molecule has 0 spiro atoms. The van der Waals surface area contributed by atoms with E-state index in [1.54, 1.807) is 10.6 Å². The fourth-order valence-corrected chi connectivity index (χ4v) is 1.91. The average Bonchev–Trinajstić information content (AvgIpc) is 2.59. The summed E-state index contributed by atoms with van der Waals surface area (Å²) in [6.07, 6.45) is 3.14. The van der Waals surface area contributed by atoms with Crippen LogP contribution in [0.4, 0.5) is 0 Å². The fraction of sp³-hybridized carbons (Fsp3) is 0.385. The van der Waals surface area contributed by atoms with E-state index in [0.717, 1.165) is 6.42 Å². The van der Waals surface area contributed by atoms with Crippen molar-refractivity contribution in [2.75, 3.05) is 0 Å². The minimum atomic E-state index is -0.987. The van der Waals surface area contributed by atoms with Gasteiger partial charge in [-0.25, -0.2) is 4.79 Å². The van der Waals surface area contributed by atoms with E-state index in [-0.39, 0.29) is 11.3 Å². The third kappa shape index (κ3) is 2.64. The van der Waals surface area contributed by atoms with Gasteiger partial charge in [0, 0.05) is 19.2 Å². The van der Waals surface area contributed by atoms with Gasteiger partial charge in [0.15, 0.2) is 5.78 Å². The monoisotopic (exact) mass is 235 g/mol. The molecule has 1 aromatic rings. The number of aromatic nitrogens is 1. The molecule has 0 saturated carbocycles. The number of carboxylic acid groups (broad SMARTS) is 1. The van der Waals surface area contributed by atoms with E-state index in [1.165, 1.54) is 13.0 Å². The summed E-state index contributed by atoms with van der Waals surface area (Å²) in [6.45, 7) is 7.51. The molecule has 0 aromatic carbocycles. The van der Waals surface area contributed by atoms with E-state index in [4.69, 9.17) is 5.11 Å². The van der Waals surface area contributed by atoms with Gasteiger partial charge in [-0.1, -0.05) is 19.4 Å². The van der Waals surface area contributed by atoms with Gasteiger partial charge in [-0.05, 0) is 12.5 Å². The second-order valence-electron chi connectivity index (χ2n) is 3.90. The highest BCUT2D eigenvalue weighted by atomic mass is 16.4. The number of ketones is 1. The number of rotatable bonds is 6. The summed E-state index contributed by atoms with van der Waals surface area (Å²) in [5, 5.41) is 9.13. The van der Waals surface area contributed by atoms with Crippen LogP contribution in [0, 0.1) is 0 Å². The molecular formula is C13H17NO3. The summed E-state index contributed by atoms with van der Waals surface area (Å²) in [5.41, 5.74) is 1.36. The maximum atomic E-state index is 11.5. The van der Waals surface area contributed by atoms with E-state index in [9.17, 15) is 9.59 Å². The molecule has 0 aliphatic carbocycles. The summed E-state index contributed by atoms with van der Waals surface area (Å²) in [6, 6.07) is 1.46. The second kappa shape index (κ2) is 5.48. The molecular weight excluding hydrogens is 218 g/mol. The molecule has 17 heavy (non-hydrogen) atoms. The average molecular weight is 235 g/mol. The van der Waals surface area contributed by atoms with Gasteiger partial charge in [0.25, 0.3) is 0 Å². The molecule has 0 radical (unpaired) electrons. The van der Waals surface area contributed by atoms with Crippen molar-refractivity contribution in [3.05, 3.63) is 35.7 Å². The van der Waals surface area contributed by atoms with Crippen molar-refractivity contribution < 1.29 is 14.7 Å². The molecule has 0 fully saturated rings. The number of aromatic carboxylic acids is 1. The summed E-state index contributed by atoms with van der Waals surface area (Å²) in [7, 11) is 0. The zero-order valence-electron chi connectivity index (χ0n) is 10.2.